The maximum atomic E-state index is 12.8. The second-order valence-electron chi connectivity index (χ2n) is 6.76. The quantitative estimate of drug-likeness (QED) is 0.552. The molecule has 1 fully saturated rings. The van der Waals surface area contributed by atoms with Crippen molar-refractivity contribution in [2.24, 2.45) is 0 Å². The summed E-state index contributed by atoms with van der Waals surface area (Å²) >= 11 is 0. The Morgan fingerprint density at radius 1 is 0.880 bits per heavy atom. The number of hydrogen-bond donors (Lipinski definition) is 0. The summed E-state index contributed by atoms with van der Waals surface area (Å²) in [6.45, 7) is 0. The van der Waals surface area contributed by atoms with E-state index in [2.05, 4.69) is 17.1 Å². The molecule has 5 heteroatoms. The molecule has 0 unspecified atom stereocenters. The van der Waals surface area contributed by atoms with Gasteiger partial charge in [0.15, 0.2) is 0 Å². The molecule has 0 spiro atoms. The van der Waals surface area contributed by atoms with E-state index < -0.39 is 11.7 Å². The zero-order valence-corrected chi connectivity index (χ0v) is 13.8. The van der Waals surface area contributed by atoms with Crippen LogP contribution in [0.5, 0.6) is 0 Å². The molecular formula is C20H19F3N2. The summed E-state index contributed by atoms with van der Waals surface area (Å²) in [5.41, 5.74) is 2.81. The van der Waals surface area contributed by atoms with Gasteiger partial charge in [-0.15, -0.1) is 0 Å². The van der Waals surface area contributed by atoms with Gasteiger partial charge in [0.05, 0.1) is 11.3 Å². The van der Waals surface area contributed by atoms with Crippen molar-refractivity contribution >= 4 is 5.65 Å². The van der Waals surface area contributed by atoms with Crippen LogP contribution in [0, 0.1) is 0 Å². The van der Waals surface area contributed by atoms with E-state index in [-0.39, 0.29) is 0 Å². The third-order valence-electron chi connectivity index (χ3n) is 5.06. The van der Waals surface area contributed by atoms with Crippen LogP contribution in [-0.2, 0) is 6.18 Å². The number of pyridine rings is 1. The first-order chi connectivity index (χ1) is 12.0. The molecule has 0 radical (unpaired) electrons. The summed E-state index contributed by atoms with van der Waals surface area (Å²) in [5.74, 6) is 0.637. The number of alkyl halides is 3. The molecule has 0 amide bonds. The van der Waals surface area contributed by atoms with Gasteiger partial charge in [-0.3, -0.25) is 0 Å². The number of hydrogen-bond acceptors (Lipinski definition) is 1. The van der Waals surface area contributed by atoms with Gasteiger partial charge in [0.25, 0.3) is 0 Å². The van der Waals surface area contributed by atoms with Crippen molar-refractivity contribution < 1.29 is 13.2 Å². The highest BCUT2D eigenvalue weighted by Crippen LogP contribution is 2.34. The Bertz CT molecular complexity index is 872. The molecule has 1 saturated carbocycles. The molecule has 0 aliphatic heterocycles. The van der Waals surface area contributed by atoms with E-state index in [4.69, 9.17) is 0 Å². The van der Waals surface area contributed by atoms with E-state index in [1.165, 1.54) is 48.1 Å². The fourth-order valence-corrected chi connectivity index (χ4v) is 3.66. The van der Waals surface area contributed by atoms with Crippen LogP contribution in [0.3, 0.4) is 0 Å². The summed E-state index contributed by atoms with van der Waals surface area (Å²) in [7, 11) is 0. The molecule has 0 atom stereocenters. The van der Waals surface area contributed by atoms with Crippen LogP contribution < -0.4 is 0 Å². The van der Waals surface area contributed by atoms with Crippen molar-refractivity contribution in [3.05, 3.63) is 59.9 Å². The fraction of sp³-hybridized carbons (Fsp3) is 0.350. The molecular weight excluding hydrogens is 325 g/mol. The van der Waals surface area contributed by atoms with Crippen molar-refractivity contribution in [2.45, 2.75) is 44.2 Å². The molecule has 1 aliphatic carbocycles. The monoisotopic (exact) mass is 344 g/mol. The summed E-state index contributed by atoms with van der Waals surface area (Å²) in [6.07, 6.45) is 4.79. The summed E-state index contributed by atoms with van der Waals surface area (Å²) < 4.78 is 39.9. The average molecular weight is 344 g/mol. The first-order valence-corrected chi connectivity index (χ1v) is 8.67. The molecule has 0 saturated heterocycles. The largest absolute Gasteiger partial charge is 0.417 e. The third-order valence-corrected chi connectivity index (χ3v) is 5.06. The van der Waals surface area contributed by atoms with Gasteiger partial charge in [0.1, 0.15) is 5.65 Å². The van der Waals surface area contributed by atoms with Crippen molar-refractivity contribution in [3.8, 4) is 11.3 Å². The third kappa shape index (κ3) is 3.28. The second kappa shape index (κ2) is 6.21. The van der Waals surface area contributed by atoms with E-state index in [0.717, 1.165) is 17.8 Å². The minimum Gasteiger partial charge on any atom is -0.306 e. The normalized spacial score (nSPS) is 16.4. The Hall–Kier alpha value is -2.30. The van der Waals surface area contributed by atoms with Gasteiger partial charge in [-0.2, -0.15) is 13.2 Å². The van der Waals surface area contributed by atoms with Gasteiger partial charge in [0.2, 0.25) is 0 Å². The SMILES string of the molecule is FC(F)(F)c1ccc2nc(-c3ccc(C4CCCCC4)cc3)cn2c1. The van der Waals surface area contributed by atoms with Crippen LogP contribution in [0.25, 0.3) is 16.9 Å². The van der Waals surface area contributed by atoms with E-state index in [0.29, 0.717) is 17.3 Å². The van der Waals surface area contributed by atoms with Crippen LogP contribution in [0.4, 0.5) is 13.2 Å². The molecule has 3 aromatic rings. The van der Waals surface area contributed by atoms with Gasteiger partial charge >= 0.3 is 6.18 Å². The van der Waals surface area contributed by atoms with Crippen LogP contribution in [0.15, 0.2) is 48.8 Å². The van der Waals surface area contributed by atoms with Gasteiger partial charge in [0, 0.05) is 18.0 Å². The van der Waals surface area contributed by atoms with Crippen molar-refractivity contribution in [3.63, 3.8) is 0 Å². The van der Waals surface area contributed by atoms with Crippen LogP contribution in [-0.4, -0.2) is 9.38 Å². The lowest BCUT2D eigenvalue weighted by atomic mass is 9.84. The molecule has 1 aliphatic rings. The molecule has 1 aromatic carbocycles. The van der Waals surface area contributed by atoms with E-state index in [1.54, 1.807) is 6.20 Å². The number of rotatable bonds is 2. The minimum atomic E-state index is -4.35. The standard InChI is InChI=1S/C20H19F3N2/c21-20(22,23)17-10-11-19-24-18(13-25(19)12-17)16-8-6-15(7-9-16)14-4-2-1-3-5-14/h6-14H,1-5H2. The zero-order chi connectivity index (χ0) is 17.4. The summed E-state index contributed by atoms with van der Waals surface area (Å²) in [5, 5.41) is 0. The molecule has 2 aromatic heterocycles. The fourth-order valence-electron chi connectivity index (χ4n) is 3.66. The lowest BCUT2D eigenvalue weighted by molar-refractivity contribution is -0.137. The average Bonchev–Trinajstić information content (AvgIpc) is 3.05. The maximum Gasteiger partial charge on any atom is 0.417 e. The Labute approximate surface area is 144 Å². The molecule has 25 heavy (non-hydrogen) atoms. The highest BCUT2D eigenvalue weighted by Gasteiger charge is 2.30. The highest BCUT2D eigenvalue weighted by atomic mass is 19.4. The molecule has 4 rings (SSSR count). The topological polar surface area (TPSA) is 17.3 Å². The summed E-state index contributed by atoms with van der Waals surface area (Å²) in [4.78, 5) is 4.44. The number of fused-ring (bicyclic) bond motifs is 1. The number of benzene rings is 1. The smallest absolute Gasteiger partial charge is 0.306 e. The molecule has 0 bridgehead atoms. The van der Waals surface area contributed by atoms with Crippen molar-refractivity contribution in [2.75, 3.05) is 0 Å². The summed E-state index contributed by atoms with van der Waals surface area (Å²) in [6, 6.07) is 10.8. The predicted molar refractivity (Wildman–Crippen MR) is 91.5 cm³/mol. The second-order valence-corrected chi connectivity index (χ2v) is 6.76. The molecule has 2 nitrogen and oxygen atoms in total. The van der Waals surface area contributed by atoms with Gasteiger partial charge in [-0.1, -0.05) is 43.5 Å². The minimum absolute atomic E-state index is 0.513. The van der Waals surface area contributed by atoms with Gasteiger partial charge in [-0.25, -0.2) is 4.98 Å². The Balaban J connectivity index is 1.62. The lowest BCUT2D eigenvalue weighted by Crippen LogP contribution is -2.05. The maximum absolute atomic E-state index is 12.8. The molecule has 2 heterocycles. The van der Waals surface area contributed by atoms with Crippen molar-refractivity contribution in [1.29, 1.82) is 0 Å². The Kier molecular flexibility index (Phi) is 4.02. The van der Waals surface area contributed by atoms with Crippen LogP contribution in [0.1, 0.15) is 49.1 Å². The molecule has 0 N–H and O–H groups in total. The lowest BCUT2D eigenvalue weighted by Gasteiger charge is -2.21. The van der Waals surface area contributed by atoms with E-state index >= 15 is 0 Å². The number of halogens is 3. The zero-order valence-electron chi connectivity index (χ0n) is 13.8. The molecule has 130 valence electrons. The van der Waals surface area contributed by atoms with Gasteiger partial charge in [-0.05, 0) is 36.5 Å². The highest BCUT2D eigenvalue weighted by molar-refractivity contribution is 5.63. The van der Waals surface area contributed by atoms with Gasteiger partial charge < -0.3 is 4.40 Å². The Morgan fingerprint density at radius 2 is 1.60 bits per heavy atom. The first kappa shape index (κ1) is 16.2. The predicted octanol–water partition coefficient (Wildman–Crippen LogP) is 6.07. The van der Waals surface area contributed by atoms with E-state index in [9.17, 15) is 13.2 Å². The van der Waals surface area contributed by atoms with Crippen LogP contribution in [0.2, 0.25) is 0 Å². The number of nitrogens with zero attached hydrogens (tertiary/aromatic N) is 2. The number of aromatic nitrogens is 2. The Morgan fingerprint density at radius 3 is 2.28 bits per heavy atom. The van der Waals surface area contributed by atoms with E-state index in [1.807, 2.05) is 12.1 Å². The van der Waals surface area contributed by atoms with Crippen LogP contribution >= 0.6 is 0 Å². The van der Waals surface area contributed by atoms with Crippen molar-refractivity contribution in [1.82, 2.24) is 9.38 Å². The number of imidazole rings is 1. The first-order valence-electron chi connectivity index (χ1n) is 8.67.